The van der Waals surface area contributed by atoms with Crippen molar-refractivity contribution in [1.29, 1.82) is 0 Å². The third kappa shape index (κ3) is 5.51. The molecule has 4 rings (SSSR count). The van der Waals surface area contributed by atoms with Gasteiger partial charge in [-0.15, -0.1) is 0 Å². The molecule has 0 bridgehead atoms. The summed E-state index contributed by atoms with van der Waals surface area (Å²) in [5, 5.41) is 0.184. The Morgan fingerprint density at radius 3 is 2.67 bits per heavy atom. The second-order valence-corrected chi connectivity index (χ2v) is 9.57. The van der Waals surface area contributed by atoms with Gasteiger partial charge in [0.15, 0.2) is 11.5 Å². The van der Waals surface area contributed by atoms with Crippen LogP contribution in [0.15, 0.2) is 65.7 Å². The SMILES string of the molecule is COc1cc(/C=C2\SC(=O)N(Cc3ccccc3Cl)C2=O)cc(I)c1OCc1ccccn1. The van der Waals surface area contributed by atoms with Crippen molar-refractivity contribution >= 4 is 63.2 Å². The van der Waals surface area contributed by atoms with Gasteiger partial charge in [-0.2, -0.15) is 0 Å². The van der Waals surface area contributed by atoms with Crippen molar-refractivity contribution in [2.75, 3.05) is 7.11 Å². The summed E-state index contributed by atoms with van der Waals surface area (Å²) in [7, 11) is 1.56. The largest absolute Gasteiger partial charge is 0.493 e. The molecule has 1 saturated heterocycles. The summed E-state index contributed by atoms with van der Waals surface area (Å²) in [5.41, 5.74) is 2.24. The number of aromatic nitrogens is 1. The molecular weight excluding hydrogens is 575 g/mol. The molecule has 0 unspecified atom stereocenters. The normalized spacial score (nSPS) is 14.8. The summed E-state index contributed by atoms with van der Waals surface area (Å²) >= 11 is 9.26. The second kappa shape index (κ2) is 10.6. The number of pyridine rings is 1. The van der Waals surface area contributed by atoms with Crippen LogP contribution in [0, 0.1) is 3.57 Å². The first-order valence-electron chi connectivity index (χ1n) is 9.85. The highest BCUT2D eigenvalue weighted by Crippen LogP contribution is 2.38. The highest BCUT2D eigenvalue weighted by atomic mass is 127. The molecule has 3 aromatic rings. The number of hydrogen-bond donors (Lipinski definition) is 0. The molecule has 9 heteroatoms. The van der Waals surface area contributed by atoms with E-state index in [9.17, 15) is 9.59 Å². The fraction of sp³-hybridized carbons (Fsp3) is 0.125. The number of thioether (sulfide) groups is 1. The number of halogens is 2. The summed E-state index contributed by atoms with van der Waals surface area (Å²) in [4.78, 5) is 31.2. The van der Waals surface area contributed by atoms with E-state index in [0.717, 1.165) is 26.6 Å². The lowest BCUT2D eigenvalue weighted by atomic mass is 10.1. The Bertz CT molecular complexity index is 1240. The zero-order valence-electron chi connectivity index (χ0n) is 17.5. The standard InChI is InChI=1S/C24H18ClIN2O4S/c1-31-20-11-15(10-19(26)22(20)32-14-17-7-4-5-9-27-17)12-21-23(29)28(24(30)33-21)13-16-6-2-3-8-18(16)25/h2-12H,13-14H2,1H3/b21-12-. The van der Waals surface area contributed by atoms with Gasteiger partial charge in [-0.25, -0.2) is 0 Å². The highest BCUT2D eigenvalue weighted by molar-refractivity contribution is 14.1. The Hall–Kier alpha value is -2.56. The first-order valence-corrected chi connectivity index (χ1v) is 12.1. The van der Waals surface area contributed by atoms with Gasteiger partial charge in [0.05, 0.1) is 27.8 Å². The number of imide groups is 1. The third-order valence-electron chi connectivity index (χ3n) is 4.80. The number of methoxy groups -OCH3 is 1. The summed E-state index contributed by atoms with van der Waals surface area (Å²) in [6.45, 7) is 0.427. The van der Waals surface area contributed by atoms with Gasteiger partial charge in [0.2, 0.25) is 0 Å². The Morgan fingerprint density at radius 2 is 1.94 bits per heavy atom. The number of benzene rings is 2. The summed E-state index contributed by atoms with van der Waals surface area (Å²) in [6, 6.07) is 16.4. The minimum absolute atomic E-state index is 0.128. The number of hydrogen-bond acceptors (Lipinski definition) is 6. The molecule has 2 aromatic carbocycles. The van der Waals surface area contributed by atoms with Crippen LogP contribution in [-0.2, 0) is 17.9 Å². The van der Waals surface area contributed by atoms with E-state index in [-0.39, 0.29) is 17.7 Å². The van der Waals surface area contributed by atoms with Gasteiger partial charge in [-0.3, -0.25) is 19.5 Å². The molecule has 2 amide bonds. The van der Waals surface area contributed by atoms with Gasteiger partial charge < -0.3 is 9.47 Å². The highest BCUT2D eigenvalue weighted by Gasteiger charge is 2.35. The van der Waals surface area contributed by atoms with E-state index in [1.807, 2.05) is 30.3 Å². The van der Waals surface area contributed by atoms with Crippen LogP contribution in [-0.4, -0.2) is 28.1 Å². The van der Waals surface area contributed by atoms with Crippen molar-refractivity contribution in [2.45, 2.75) is 13.2 Å². The van der Waals surface area contributed by atoms with Crippen molar-refractivity contribution in [2.24, 2.45) is 0 Å². The summed E-state index contributed by atoms with van der Waals surface area (Å²) < 4.78 is 12.3. The van der Waals surface area contributed by atoms with Crippen molar-refractivity contribution in [3.8, 4) is 11.5 Å². The van der Waals surface area contributed by atoms with E-state index < -0.39 is 0 Å². The molecule has 0 saturated carbocycles. The molecule has 0 radical (unpaired) electrons. The number of amides is 2. The first kappa shape index (κ1) is 23.6. The minimum atomic E-state index is -0.352. The topological polar surface area (TPSA) is 68.7 Å². The van der Waals surface area contributed by atoms with E-state index in [2.05, 4.69) is 27.6 Å². The van der Waals surface area contributed by atoms with Crippen molar-refractivity contribution in [3.05, 3.63) is 91.1 Å². The number of rotatable bonds is 7. The fourth-order valence-corrected chi connectivity index (χ4v) is 4.99. The van der Waals surface area contributed by atoms with Gasteiger partial charge >= 0.3 is 0 Å². The number of carbonyl (C=O) groups is 2. The summed E-state index contributed by atoms with van der Waals surface area (Å²) in [6.07, 6.45) is 3.40. The lowest BCUT2D eigenvalue weighted by Crippen LogP contribution is -2.27. The smallest absolute Gasteiger partial charge is 0.293 e. The molecule has 33 heavy (non-hydrogen) atoms. The lowest BCUT2D eigenvalue weighted by molar-refractivity contribution is -0.123. The van der Waals surface area contributed by atoms with Crippen LogP contribution < -0.4 is 9.47 Å². The van der Waals surface area contributed by atoms with Gasteiger partial charge in [0, 0.05) is 11.2 Å². The third-order valence-corrected chi connectivity index (χ3v) is 6.88. The van der Waals surface area contributed by atoms with Crippen LogP contribution in [0.3, 0.4) is 0 Å². The van der Waals surface area contributed by atoms with Crippen molar-refractivity contribution < 1.29 is 19.1 Å². The van der Waals surface area contributed by atoms with Gasteiger partial charge in [0.1, 0.15) is 6.61 Å². The van der Waals surface area contributed by atoms with Crippen LogP contribution >= 0.6 is 46.0 Å². The average Bonchev–Trinajstić information content (AvgIpc) is 3.07. The van der Waals surface area contributed by atoms with Crippen LogP contribution in [0.2, 0.25) is 5.02 Å². The Labute approximate surface area is 214 Å². The van der Waals surface area contributed by atoms with Gasteiger partial charge in [0.25, 0.3) is 11.1 Å². The first-order chi connectivity index (χ1) is 16.0. The predicted molar refractivity (Wildman–Crippen MR) is 137 cm³/mol. The van der Waals surface area contributed by atoms with E-state index >= 15 is 0 Å². The van der Waals surface area contributed by atoms with E-state index in [0.29, 0.717) is 33.6 Å². The van der Waals surface area contributed by atoms with Gasteiger partial charge in [-0.05, 0) is 81.9 Å². The van der Waals surface area contributed by atoms with Crippen molar-refractivity contribution in [3.63, 3.8) is 0 Å². The van der Waals surface area contributed by atoms with E-state index in [1.165, 1.54) is 4.90 Å². The maximum absolute atomic E-state index is 12.9. The number of ether oxygens (including phenoxy) is 2. The molecule has 6 nitrogen and oxygen atoms in total. The Balaban J connectivity index is 1.54. The lowest BCUT2D eigenvalue weighted by Gasteiger charge is -2.14. The number of carbonyl (C=O) groups excluding carboxylic acids is 2. The maximum Gasteiger partial charge on any atom is 0.293 e. The Morgan fingerprint density at radius 1 is 1.15 bits per heavy atom. The molecule has 1 aromatic heterocycles. The molecule has 0 spiro atoms. The van der Waals surface area contributed by atoms with Crippen molar-refractivity contribution in [1.82, 2.24) is 9.88 Å². The van der Waals surface area contributed by atoms with E-state index in [1.54, 1.807) is 43.6 Å². The second-order valence-electron chi connectivity index (χ2n) is 7.00. The fourth-order valence-electron chi connectivity index (χ4n) is 3.18. The molecule has 0 N–H and O–H groups in total. The van der Waals surface area contributed by atoms with E-state index in [4.69, 9.17) is 21.1 Å². The molecule has 1 aliphatic heterocycles. The molecule has 1 fully saturated rings. The molecule has 0 atom stereocenters. The zero-order chi connectivity index (χ0) is 23.4. The van der Waals surface area contributed by atoms with Crippen LogP contribution in [0.5, 0.6) is 11.5 Å². The van der Waals surface area contributed by atoms with Crippen LogP contribution in [0.4, 0.5) is 4.79 Å². The zero-order valence-corrected chi connectivity index (χ0v) is 21.2. The Kier molecular flexibility index (Phi) is 7.56. The minimum Gasteiger partial charge on any atom is -0.493 e. The predicted octanol–water partition coefficient (Wildman–Crippen LogP) is 6.16. The average molecular weight is 593 g/mol. The molecule has 2 heterocycles. The number of nitrogens with zero attached hydrogens (tertiary/aromatic N) is 2. The quantitative estimate of drug-likeness (QED) is 0.242. The molecule has 1 aliphatic rings. The molecular formula is C24H18ClIN2O4S. The monoisotopic (exact) mass is 592 g/mol. The van der Waals surface area contributed by atoms with Crippen LogP contribution in [0.1, 0.15) is 16.8 Å². The van der Waals surface area contributed by atoms with Gasteiger partial charge in [-0.1, -0.05) is 35.9 Å². The van der Waals surface area contributed by atoms with Crippen LogP contribution in [0.25, 0.3) is 6.08 Å². The molecule has 0 aliphatic carbocycles. The molecule has 168 valence electrons. The summed E-state index contributed by atoms with van der Waals surface area (Å²) in [5.74, 6) is 0.765. The maximum atomic E-state index is 12.9.